The van der Waals surface area contributed by atoms with E-state index < -0.39 is 0 Å². The number of anilines is 3. The van der Waals surface area contributed by atoms with Crippen molar-refractivity contribution in [1.29, 1.82) is 0 Å². The lowest BCUT2D eigenvalue weighted by Gasteiger charge is -2.20. The first-order valence-corrected chi connectivity index (χ1v) is 8.13. The number of para-hydroxylation sites is 2. The summed E-state index contributed by atoms with van der Waals surface area (Å²) in [5, 5.41) is 5.51. The molecule has 0 aromatic heterocycles. The van der Waals surface area contributed by atoms with Gasteiger partial charge in [-0.2, -0.15) is 0 Å². The summed E-state index contributed by atoms with van der Waals surface area (Å²) in [6.45, 7) is 2.07. The second kappa shape index (κ2) is 7.17. The molecule has 0 aliphatic carbocycles. The minimum Gasteiger partial charge on any atom is -0.326 e. The maximum atomic E-state index is 12.6. The third kappa shape index (κ3) is 3.85. The van der Waals surface area contributed by atoms with E-state index in [1.807, 2.05) is 18.2 Å². The molecule has 0 atom stereocenters. The van der Waals surface area contributed by atoms with Crippen molar-refractivity contribution >= 4 is 34.8 Å². The molecule has 1 heterocycles. The normalized spacial score (nSPS) is 13.6. The van der Waals surface area contributed by atoms with E-state index in [0.717, 1.165) is 6.42 Å². The van der Waals surface area contributed by atoms with Crippen molar-refractivity contribution in [3.05, 3.63) is 54.1 Å². The summed E-state index contributed by atoms with van der Waals surface area (Å²) in [5.41, 5.74) is 2.28. The first-order valence-electron chi connectivity index (χ1n) is 8.13. The molecule has 1 fully saturated rings. The van der Waals surface area contributed by atoms with Crippen LogP contribution in [0.15, 0.2) is 48.5 Å². The van der Waals surface area contributed by atoms with Crippen LogP contribution in [0.4, 0.5) is 17.1 Å². The van der Waals surface area contributed by atoms with E-state index in [0.29, 0.717) is 35.6 Å². The summed E-state index contributed by atoms with van der Waals surface area (Å²) in [5.74, 6) is -0.434. The van der Waals surface area contributed by atoms with Crippen LogP contribution in [-0.2, 0) is 9.59 Å². The van der Waals surface area contributed by atoms with Gasteiger partial charge in [-0.25, -0.2) is 0 Å². The quantitative estimate of drug-likeness (QED) is 0.900. The molecule has 25 heavy (non-hydrogen) atoms. The van der Waals surface area contributed by atoms with Crippen LogP contribution >= 0.6 is 0 Å². The predicted octanol–water partition coefficient (Wildman–Crippen LogP) is 3.02. The van der Waals surface area contributed by atoms with Gasteiger partial charge in [-0.05, 0) is 36.8 Å². The summed E-state index contributed by atoms with van der Waals surface area (Å²) in [6, 6.07) is 14.0. The van der Waals surface area contributed by atoms with Gasteiger partial charge in [-0.3, -0.25) is 14.4 Å². The summed E-state index contributed by atoms with van der Waals surface area (Å²) in [7, 11) is 0. The summed E-state index contributed by atoms with van der Waals surface area (Å²) >= 11 is 0. The zero-order valence-corrected chi connectivity index (χ0v) is 13.9. The van der Waals surface area contributed by atoms with E-state index in [4.69, 9.17) is 0 Å². The van der Waals surface area contributed by atoms with Crippen molar-refractivity contribution in [2.45, 2.75) is 19.8 Å². The lowest BCUT2D eigenvalue weighted by atomic mass is 10.1. The van der Waals surface area contributed by atoms with Crippen LogP contribution in [0.2, 0.25) is 0 Å². The first-order chi connectivity index (χ1) is 12.0. The van der Waals surface area contributed by atoms with Crippen LogP contribution in [0.1, 0.15) is 30.1 Å². The second-order valence-corrected chi connectivity index (χ2v) is 5.88. The highest BCUT2D eigenvalue weighted by molar-refractivity contribution is 6.08. The van der Waals surface area contributed by atoms with Crippen molar-refractivity contribution in [2.24, 2.45) is 0 Å². The number of nitrogens with zero attached hydrogens (tertiary/aromatic N) is 1. The largest absolute Gasteiger partial charge is 0.326 e. The van der Waals surface area contributed by atoms with Crippen molar-refractivity contribution < 1.29 is 14.4 Å². The molecule has 128 valence electrons. The Morgan fingerprint density at radius 1 is 1.04 bits per heavy atom. The van der Waals surface area contributed by atoms with Gasteiger partial charge in [0.05, 0.1) is 11.4 Å². The minimum absolute atomic E-state index is 0.0642. The molecule has 2 aromatic carbocycles. The third-order valence-corrected chi connectivity index (χ3v) is 3.96. The summed E-state index contributed by atoms with van der Waals surface area (Å²) in [4.78, 5) is 37.4. The Bertz CT molecular complexity index is 832. The van der Waals surface area contributed by atoms with E-state index in [2.05, 4.69) is 10.6 Å². The minimum atomic E-state index is -0.300. The number of hydrogen-bond acceptors (Lipinski definition) is 3. The van der Waals surface area contributed by atoms with Crippen molar-refractivity contribution in [3.63, 3.8) is 0 Å². The van der Waals surface area contributed by atoms with Crippen molar-refractivity contribution in [1.82, 2.24) is 0 Å². The molecule has 6 nitrogen and oxygen atoms in total. The van der Waals surface area contributed by atoms with E-state index >= 15 is 0 Å². The summed E-state index contributed by atoms with van der Waals surface area (Å²) in [6.07, 6.45) is 1.35. The average Bonchev–Trinajstić information content (AvgIpc) is 3.01. The Balaban J connectivity index is 1.82. The monoisotopic (exact) mass is 337 g/mol. The van der Waals surface area contributed by atoms with Crippen LogP contribution in [0, 0.1) is 0 Å². The molecule has 1 saturated heterocycles. The SMILES string of the molecule is CC(=O)Nc1cccc(C(=O)Nc2ccccc2N2CCCC2=O)c1. The lowest BCUT2D eigenvalue weighted by Crippen LogP contribution is -2.25. The third-order valence-electron chi connectivity index (χ3n) is 3.96. The predicted molar refractivity (Wildman–Crippen MR) is 96.7 cm³/mol. The lowest BCUT2D eigenvalue weighted by molar-refractivity contribution is -0.117. The van der Waals surface area contributed by atoms with Gasteiger partial charge >= 0.3 is 0 Å². The Labute approximate surface area is 145 Å². The van der Waals surface area contributed by atoms with Gasteiger partial charge in [-0.15, -0.1) is 0 Å². The van der Waals surface area contributed by atoms with Gasteiger partial charge < -0.3 is 15.5 Å². The number of nitrogens with one attached hydrogen (secondary N) is 2. The molecule has 3 amide bonds. The molecule has 1 aliphatic rings. The number of carbonyl (C=O) groups is 3. The van der Waals surface area contributed by atoms with Gasteiger partial charge in [0.15, 0.2) is 0 Å². The molecular formula is C19H19N3O3. The molecule has 0 saturated carbocycles. The van der Waals surface area contributed by atoms with E-state index in [9.17, 15) is 14.4 Å². The number of benzene rings is 2. The molecule has 3 rings (SSSR count). The molecule has 0 bridgehead atoms. The van der Waals surface area contributed by atoms with E-state index in [1.54, 1.807) is 35.2 Å². The average molecular weight is 337 g/mol. The van der Waals surface area contributed by atoms with Crippen LogP contribution in [-0.4, -0.2) is 24.3 Å². The fraction of sp³-hybridized carbons (Fsp3) is 0.211. The molecule has 2 aromatic rings. The topological polar surface area (TPSA) is 78.5 Å². The zero-order valence-electron chi connectivity index (χ0n) is 13.9. The van der Waals surface area contributed by atoms with Gasteiger partial charge in [0.1, 0.15) is 0 Å². The van der Waals surface area contributed by atoms with Crippen LogP contribution in [0.25, 0.3) is 0 Å². The van der Waals surface area contributed by atoms with E-state index in [1.165, 1.54) is 6.92 Å². The first kappa shape index (κ1) is 16.7. The molecular weight excluding hydrogens is 318 g/mol. The molecule has 2 N–H and O–H groups in total. The highest BCUT2D eigenvalue weighted by Gasteiger charge is 2.24. The highest BCUT2D eigenvalue weighted by atomic mass is 16.2. The van der Waals surface area contributed by atoms with Gasteiger partial charge in [0.2, 0.25) is 11.8 Å². The smallest absolute Gasteiger partial charge is 0.255 e. The number of hydrogen-bond donors (Lipinski definition) is 2. The van der Waals surface area contributed by atoms with Crippen molar-refractivity contribution in [3.8, 4) is 0 Å². The Hall–Kier alpha value is -3.15. The molecule has 6 heteroatoms. The molecule has 0 spiro atoms. The fourth-order valence-corrected chi connectivity index (χ4v) is 2.85. The highest BCUT2D eigenvalue weighted by Crippen LogP contribution is 2.29. The van der Waals surface area contributed by atoms with Crippen LogP contribution < -0.4 is 15.5 Å². The molecule has 0 radical (unpaired) electrons. The maximum absolute atomic E-state index is 12.6. The second-order valence-electron chi connectivity index (χ2n) is 5.88. The molecule has 0 unspecified atom stereocenters. The van der Waals surface area contributed by atoms with Gasteiger partial charge in [0, 0.05) is 31.1 Å². The number of rotatable bonds is 4. The summed E-state index contributed by atoms with van der Waals surface area (Å²) < 4.78 is 0. The number of carbonyl (C=O) groups excluding carboxylic acids is 3. The van der Waals surface area contributed by atoms with Crippen LogP contribution in [0.3, 0.4) is 0 Å². The Morgan fingerprint density at radius 3 is 2.56 bits per heavy atom. The van der Waals surface area contributed by atoms with E-state index in [-0.39, 0.29) is 17.7 Å². The Morgan fingerprint density at radius 2 is 1.84 bits per heavy atom. The fourth-order valence-electron chi connectivity index (χ4n) is 2.85. The maximum Gasteiger partial charge on any atom is 0.255 e. The van der Waals surface area contributed by atoms with Crippen LogP contribution in [0.5, 0.6) is 0 Å². The van der Waals surface area contributed by atoms with Gasteiger partial charge in [0.25, 0.3) is 5.91 Å². The van der Waals surface area contributed by atoms with Gasteiger partial charge in [-0.1, -0.05) is 18.2 Å². The Kier molecular flexibility index (Phi) is 4.79. The zero-order chi connectivity index (χ0) is 17.8. The van der Waals surface area contributed by atoms with Crippen molar-refractivity contribution in [2.75, 3.05) is 22.1 Å². The standard InChI is InChI=1S/C19H19N3O3/c1-13(23)20-15-7-4-6-14(12-15)19(25)21-16-8-2-3-9-17(16)22-11-5-10-18(22)24/h2-4,6-9,12H,5,10-11H2,1H3,(H,20,23)(H,21,25). The molecule has 1 aliphatic heterocycles. The number of amides is 3.